The quantitative estimate of drug-likeness (QED) is 0.726. The maximum absolute atomic E-state index is 11.9. The molecule has 0 bridgehead atoms. The molecule has 0 aliphatic heterocycles. The molecule has 0 atom stereocenters. The highest BCUT2D eigenvalue weighted by Crippen LogP contribution is 2.22. The Hall–Kier alpha value is -3.56. The second kappa shape index (κ2) is 5.83. The van der Waals surface area contributed by atoms with Gasteiger partial charge < -0.3 is 19.5 Å². The number of amides is 2. The highest BCUT2D eigenvalue weighted by atomic mass is 16.4. The van der Waals surface area contributed by atoms with E-state index in [1.807, 2.05) is 0 Å². The van der Waals surface area contributed by atoms with Crippen LogP contribution in [0.2, 0.25) is 0 Å². The number of para-hydroxylation sites is 2. The number of hydrogen-bond donors (Lipinski definition) is 2. The van der Waals surface area contributed by atoms with Crippen molar-refractivity contribution in [3.63, 3.8) is 0 Å². The number of carbonyl (C=O) groups excluding carboxylic acids is 2. The number of anilines is 2. The summed E-state index contributed by atoms with van der Waals surface area (Å²) in [6.07, 6.45) is 2.08. The lowest BCUT2D eigenvalue weighted by Gasteiger charge is -2.09. The Morgan fingerprint density at radius 3 is 1.64 bits per heavy atom. The fourth-order valence-electron chi connectivity index (χ4n) is 1.60. The minimum absolute atomic E-state index is 0.196. The first-order valence-corrected chi connectivity index (χ1v) is 5.98. The van der Waals surface area contributed by atoms with E-state index >= 15 is 0 Å². The van der Waals surface area contributed by atoms with Gasteiger partial charge in [0.25, 0.3) is 0 Å². The van der Waals surface area contributed by atoms with Crippen molar-refractivity contribution in [2.45, 2.75) is 0 Å². The number of nitrogens with one attached hydrogen (secondary N) is 2. The number of rotatable bonds is 4. The number of nitrogens with zero attached hydrogens (tertiary/aromatic N) is 4. The maximum atomic E-state index is 11.9. The summed E-state index contributed by atoms with van der Waals surface area (Å²) in [5.41, 5.74) is 0.692. The zero-order valence-corrected chi connectivity index (χ0v) is 10.9. The van der Waals surface area contributed by atoms with Crippen LogP contribution >= 0.6 is 0 Å². The van der Waals surface area contributed by atoms with E-state index in [2.05, 4.69) is 31.0 Å². The lowest BCUT2D eigenvalue weighted by Crippen LogP contribution is -2.17. The van der Waals surface area contributed by atoms with Gasteiger partial charge in [0, 0.05) is 0 Å². The van der Waals surface area contributed by atoms with Gasteiger partial charge in [0.2, 0.25) is 12.8 Å². The van der Waals surface area contributed by atoms with Crippen molar-refractivity contribution in [1.82, 2.24) is 20.4 Å². The Morgan fingerprint density at radius 1 is 0.818 bits per heavy atom. The van der Waals surface area contributed by atoms with Gasteiger partial charge in [-0.2, -0.15) is 0 Å². The molecular formula is C12H8N6O4. The van der Waals surface area contributed by atoms with Gasteiger partial charge in [-0.15, -0.1) is 20.4 Å². The van der Waals surface area contributed by atoms with Gasteiger partial charge in [0.1, 0.15) is 0 Å². The van der Waals surface area contributed by atoms with Crippen LogP contribution in [0.1, 0.15) is 21.4 Å². The second-order valence-electron chi connectivity index (χ2n) is 3.94. The van der Waals surface area contributed by atoms with Crippen LogP contribution in [0.25, 0.3) is 0 Å². The highest BCUT2D eigenvalue weighted by Gasteiger charge is 2.16. The molecule has 2 amide bonds. The highest BCUT2D eigenvalue weighted by molar-refractivity contribution is 6.07. The van der Waals surface area contributed by atoms with Gasteiger partial charge in [-0.3, -0.25) is 9.59 Å². The Balaban J connectivity index is 1.78. The molecule has 0 aliphatic carbocycles. The molecule has 0 spiro atoms. The van der Waals surface area contributed by atoms with Crippen molar-refractivity contribution < 1.29 is 18.4 Å². The Labute approximate surface area is 122 Å². The molecule has 0 unspecified atom stereocenters. The van der Waals surface area contributed by atoms with Crippen LogP contribution in [0, 0.1) is 0 Å². The molecule has 0 radical (unpaired) electrons. The molecule has 10 heteroatoms. The van der Waals surface area contributed by atoms with Crippen LogP contribution in [0.4, 0.5) is 11.4 Å². The van der Waals surface area contributed by atoms with Gasteiger partial charge in [-0.25, -0.2) is 0 Å². The SMILES string of the molecule is O=C(Nc1ccccc1NC(=O)c1nnco1)c1nnco1. The van der Waals surface area contributed by atoms with Crippen molar-refractivity contribution in [2.24, 2.45) is 0 Å². The molecule has 0 fully saturated rings. The molecule has 22 heavy (non-hydrogen) atoms. The van der Waals surface area contributed by atoms with Gasteiger partial charge in [-0.05, 0) is 12.1 Å². The topological polar surface area (TPSA) is 136 Å². The predicted molar refractivity (Wildman–Crippen MR) is 70.9 cm³/mol. The third kappa shape index (κ3) is 2.80. The van der Waals surface area contributed by atoms with Crippen molar-refractivity contribution in [1.29, 1.82) is 0 Å². The van der Waals surface area contributed by atoms with Gasteiger partial charge in [0.05, 0.1) is 11.4 Å². The van der Waals surface area contributed by atoms with Crippen LogP contribution in [0.5, 0.6) is 0 Å². The fourth-order valence-corrected chi connectivity index (χ4v) is 1.60. The standard InChI is InChI=1S/C12H8N6O4/c19-9(11-17-13-5-21-11)15-7-3-1-2-4-8(7)16-10(20)12-18-14-6-22-12/h1-6H,(H,15,19)(H,16,20). The average molecular weight is 300 g/mol. The zero-order chi connectivity index (χ0) is 15.4. The van der Waals surface area contributed by atoms with E-state index in [0.717, 1.165) is 12.8 Å². The summed E-state index contributed by atoms with van der Waals surface area (Å²) in [6.45, 7) is 0. The van der Waals surface area contributed by atoms with Crippen LogP contribution in [-0.4, -0.2) is 32.2 Å². The Bertz CT molecular complexity index is 717. The lowest BCUT2D eigenvalue weighted by atomic mass is 10.2. The number of carbonyl (C=O) groups is 2. The Kier molecular flexibility index (Phi) is 3.56. The van der Waals surface area contributed by atoms with E-state index in [1.54, 1.807) is 24.3 Å². The molecule has 10 nitrogen and oxygen atoms in total. The summed E-state index contributed by atoms with van der Waals surface area (Å²) in [5, 5.41) is 18.9. The van der Waals surface area contributed by atoms with E-state index in [4.69, 9.17) is 8.83 Å². The number of aromatic nitrogens is 4. The number of hydrogen-bond acceptors (Lipinski definition) is 8. The van der Waals surface area contributed by atoms with E-state index in [-0.39, 0.29) is 11.8 Å². The molecule has 110 valence electrons. The van der Waals surface area contributed by atoms with Crippen LogP contribution < -0.4 is 10.6 Å². The maximum Gasteiger partial charge on any atom is 0.313 e. The lowest BCUT2D eigenvalue weighted by molar-refractivity contribution is 0.0980. The van der Waals surface area contributed by atoms with Gasteiger partial charge >= 0.3 is 23.6 Å². The molecule has 0 saturated carbocycles. The summed E-state index contributed by atoms with van der Waals surface area (Å²) in [5.74, 6) is -1.59. The predicted octanol–water partition coefficient (Wildman–Crippen LogP) is 0.957. The smallest absolute Gasteiger partial charge is 0.313 e. The molecule has 2 N–H and O–H groups in total. The average Bonchev–Trinajstić information content (AvgIpc) is 3.23. The minimum atomic E-state index is -0.600. The van der Waals surface area contributed by atoms with E-state index in [0.29, 0.717) is 11.4 Å². The van der Waals surface area contributed by atoms with Crippen LogP contribution in [-0.2, 0) is 0 Å². The molecule has 3 aromatic rings. The molecule has 2 heterocycles. The fraction of sp³-hybridized carbons (Fsp3) is 0. The van der Waals surface area contributed by atoms with Crippen molar-refractivity contribution in [3.8, 4) is 0 Å². The molecule has 0 saturated heterocycles. The first-order valence-electron chi connectivity index (χ1n) is 5.98. The van der Waals surface area contributed by atoms with Crippen LogP contribution in [0.3, 0.4) is 0 Å². The summed E-state index contributed by atoms with van der Waals surface area (Å²) in [7, 11) is 0. The van der Waals surface area contributed by atoms with Crippen LogP contribution in [0.15, 0.2) is 45.9 Å². The minimum Gasteiger partial charge on any atom is -0.420 e. The van der Waals surface area contributed by atoms with E-state index in [1.165, 1.54) is 0 Å². The van der Waals surface area contributed by atoms with Crippen molar-refractivity contribution >= 4 is 23.2 Å². The summed E-state index contributed by atoms with van der Waals surface area (Å²) >= 11 is 0. The van der Waals surface area contributed by atoms with Crippen molar-refractivity contribution in [2.75, 3.05) is 10.6 Å². The molecule has 3 rings (SSSR count). The monoisotopic (exact) mass is 300 g/mol. The molecule has 1 aromatic carbocycles. The summed E-state index contributed by atoms with van der Waals surface area (Å²) in [6, 6.07) is 6.56. The van der Waals surface area contributed by atoms with Gasteiger partial charge in [0.15, 0.2) is 0 Å². The first kappa shape index (κ1) is 13.4. The zero-order valence-electron chi connectivity index (χ0n) is 10.9. The number of benzene rings is 1. The second-order valence-corrected chi connectivity index (χ2v) is 3.94. The van der Waals surface area contributed by atoms with Gasteiger partial charge in [-0.1, -0.05) is 12.1 Å². The normalized spacial score (nSPS) is 10.2. The molecule has 2 aromatic heterocycles. The largest absolute Gasteiger partial charge is 0.420 e. The van der Waals surface area contributed by atoms with E-state index in [9.17, 15) is 9.59 Å². The third-order valence-corrected chi connectivity index (χ3v) is 2.53. The Morgan fingerprint density at radius 2 is 1.27 bits per heavy atom. The van der Waals surface area contributed by atoms with E-state index < -0.39 is 11.8 Å². The third-order valence-electron chi connectivity index (χ3n) is 2.53. The molecule has 0 aliphatic rings. The molecular weight excluding hydrogens is 292 g/mol. The first-order chi connectivity index (χ1) is 10.7. The summed E-state index contributed by atoms with van der Waals surface area (Å²) in [4.78, 5) is 23.8. The van der Waals surface area contributed by atoms with Crippen molar-refractivity contribution in [3.05, 3.63) is 48.8 Å². The summed E-state index contributed by atoms with van der Waals surface area (Å²) < 4.78 is 9.58.